The van der Waals surface area contributed by atoms with Gasteiger partial charge in [0, 0.05) is 10.7 Å². The number of carbonyl (C=O) groups is 1. The number of esters is 1. The molecule has 0 fully saturated rings. The molecule has 3 heteroatoms. The highest BCUT2D eigenvalue weighted by Gasteiger charge is 2.15. The summed E-state index contributed by atoms with van der Waals surface area (Å²) >= 11 is 0. The molecule has 0 N–H and O–H groups in total. The van der Waals surface area contributed by atoms with Gasteiger partial charge in [-0.15, -0.1) is 0 Å². The Hall–Kier alpha value is -2.70. The second-order valence-corrected chi connectivity index (χ2v) is 8.58. The van der Waals surface area contributed by atoms with Crippen molar-refractivity contribution in [3.8, 4) is 0 Å². The van der Waals surface area contributed by atoms with Gasteiger partial charge >= 0.3 is 5.97 Å². The molecule has 0 saturated heterocycles. The Morgan fingerprint density at radius 3 is 1.81 bits per heavy atom. The summed E-state index contributed by atoms with van der Waals surface area (Å²) < 4.78 is 5.43. The minimum atomic E-state index is -0.481. The Bertz CT molecular complexity index is 1150. The molecule has 0 aliphatic carbocycles. The molecule has 0 heterocycles. The molecule has 4 aromatic carbocycles. The van der Waals surface area contributed by atoms with Crippen LogP contribution in [-0.2, 0) is 9.53 Å². The molecule has 134 valence electrons. The van der Waals surface area contributed by atoms with Crippen LogP contribution in [0, 0.1) is 0 Å². The SMILES string of the molecule is CC(C)(C)OC(=O)C=Pc1cccc2c3ccccc3c3ccccc3c12. The number of fused-ring (bicyclic) bond motifs is 6. The van der Waals surface area contributed by atoms with Gasteiger partial charge < -0.3 is 4.74 Å². The highest BCUT2D eigenvalue weighted by Crippen LogP contribution is 2.34. The van der Waals surface area contributed by atoms with E-state index in [0.717, 1.165) is 13.5 Å². The number of hydrogen-bond donors (Lipinski definition) is 0. The summed E-state index contributed by atoms with van der Waals surface area (Å²) in [5.74, 6) is 1.33. The minimum absolute atomic E-state index is 0.286. The van der Waals surface area contributed by atoms with Crippen molar-refractivity contribution in [2.24, 2.45) is 0 Å². The van der Waals surface area contributed by atoms with Gasteiger partial charge in [-0.1, -0.05) is 68.9 Å². The Kier molecular flexibility index (Phi) is 4.45. The van der Waals surface area contributed by atoms with Gasteiger partial charge in [0.2, 0.25) is 0 Å². The fraction of sp³-hybridized carbons (Fsp3) is 0.167. The number of benzene rings is 4. The first-order valence-electron chi connectivity index (χ1n) is 9.03. The average Bonchev–Trinajstić information content (AvgIpc) is 2.65. The summed E-state index contributed by atoms with van der Waals surface area (Å²) in [5, 5.41) is 8.47. The maximum absolute atomic E-state index is 12.2. The third kappa shape index (κ3) is 3.46. The Balaban J connectivity index is 1.97. The molecule has 0 bridgehead atoms. The summed E-state index contributed by atoms with van der Waals surface area (Å²) in [6.07, 6.45) is 0. The molecule has 0 saturated carbocycles. The van der Waals surface area contributed by atoms with E-state index in [-0.39, 0.29) is 5.97 Å². The zero-order valence-electron chi connectivity index (χ0n) is 15.7. The van der Waals surface area contributed by atoms with E-state index in [0.29, 0.717) is 0 Å². The first kappa shape index (κ1) is 17.7. The molecule has 0 radical (unpaired) electrons. The number of carbonyl (C=O) groups excluding carboxylic acids is 1. The molecular formula is C24H21O2P. The normalized spacial score (nSPS) is 12.3. The molecule has 4 rings (SSSR count). The molecule has 4 aromatic rings. The van der Waals surface area contributed by atoms with Crippen LogP contribution in [0.4, 0.5) is 0 Å². The Morgan fingerprint density at radius 2 is 1.26 bits per heavy atom. The Morgan fingerprint density at radius 1 is 0.778 bits per heavy atom. The second kappa shape index (κ2) is 6.79. The predicted molar refractivity (Wildman–Crippen MR) is 117 cm³/mol. The van der Waals surface area contributed by atoms with E-state index in [9.17, 15) is 4.79 Å². The number of ether oxygens (including phenoxy) is 1. The largest absolute Gasteiger partial charge is 0.457 e. The standard InChI is InChI=1S/C24H21O2P/c1-24(2,3)26-22(25)15-27-21-14-8-13-20-18-10-5-4-9-16(18)17-11-6-7-12-19(17)23(20)21/h4-15H,1-3H3. The summed E-state index contributed by atoms with van der Waals surface area (Å²) in [7, 11) is 0.841. The predicted octanol–water partition coefficient (Wildman–Crippen LogP) is 5.86. The minimum Gasteiger partial charge on any atom is -0.457 e. The van der Waals surface area contributed by atoms with Crippen LogP contribution >= 0.6 is 8.20 Å². The molecule has 0 spiro atoms. The molecule has 0 unspecified atom stereocenters. The lowest BCUT2D eigenvalue weighted by atomic mass is 9.94. The van der Waals surface area contributed by atoms with Crippen molar-refractivity contribution < 1.29 is 9.53 Å². The molecule has 0 aromatic heterocycles. The van der Waals surface area contributed by atoms with Crippen molar-refractivity contribution in [3.05, 3.63) is 66.7 Å². The van der Waals surface area contributed by atoms with E-state index >= 15 is 0 Å². The van der Waals surface area contributed by atoms with Crippen LogP contribution in [0.5, 0.6) is 0 Å². The second-order valence-electron chi connectivity index (χ2n) is 7.58. The summed E-state index contributed by atoms with van der Waals surface area (Å²) in [6, 6.07) is 23.3. The van der Waals surface area contributed by atoms with E-state index in [1.54, 1.807) is 5.80 Å². The highest BCUT2D eigenvalue weighted by atomic mass is 31.1. The van der Waals surface area contributed by atoms with Gasteiger partial charge in [0.05, 0.1) is 5.80 Å². The van der Waals surface area contributed by atoms with Crippen LogP contribution in [0.2, 0.25) is 0 Å². The monoisotopic (exact) mass is 372 g/mol. The van der Waals surface area contributed by atoms with Gasteiger partial charge in [0.25, 0.3) is 0 Å². The van der Waals surface area contributed by atoms with Crippen molar-refractivity contribution in [1.82, 2.24) is 0 Å². The van der Waals surface area contributed by atoms with Crippen molar-refractivity contribution in [2.75, 3.05) is 0 Å². The highest BCUT2D eigenvalue weighted by molar-refractivity contribution is 7.50. The van der Waals surface area contributed by atoms with Gasteiger partial charge in [0.1, 0.15) is 5.60 Å². The van der Waals surface area contributed by atoms with Crippen molar-refractivity contribution >= 4 is 57.6 Å². The van der Waals surface area contributed by atoms with E-state index in [1.807, 2.05) is 20.8 Å². The lowest BCUT2D eigenvalue weighted by molar-refractivity contribution is -0.145. The number of hydrogen-bond acceptors (Lipinski definition) is 2. The van der Waals surface area contributed by atoms with Gasteiger partial charge in [-0.25, -0.2) is 4.79 Å². The molecule has 0 aliphatic rings. The van der Waals surface area contributed by atoms with Crippen LogP contribution in [0.25, 0.3) is 32.3 Å². The van der Waals surface area contributed by atoms with Crippen molar-refractivity contribution in [3.63, 3.8) is 0 Å². The fourth-order valence-electron chi connectivity index (χ4n) is 3.49. The van der Waals surface area contributed by atoms with E-state index in [1.165, 1.54) is 32.3 Å². The van der Waals surface area contributed by atoms with Gasteiger partial charge in [0.15, 0.2) is 0 Å². The van der Waals surface area contributed by atoms with Gasteiger partial charge in [-0.05, 0) is 53.8 Å². The zero-order valence-corrected chi connectivity index (χ0v) is 16.6. The van der Waals surface area contributed by atoms with Crippen LogP contribution in [0.15, 0.2) is 66.7 Å². The molecule has 0 amide bonds. The topological polar surface area (TPSA) is 26.3 Å². The molecule has 2 nitrogen and oxygen atoms in total. The number of rotatable bonds is 2. The maximum atomic E-state index is 12.2. The molecule has 27 heavy (non-hydrogen) atoms. The fourth-order valence-corrected chi connectivity index (χ4v) is 4.33. The van der Waals surface area contributed by atoms with E-state index in [2.05, 4.69) is 66.7 Å². The lowest BCUT2D eigenvalue weighted by Gasteiger charge is -2.17. The van der Waals surface area contributed by atoms with Crippen LogP contribution in [-0.4, -0.2) is 17.4 Å². The van der Waals surface area contributed by atoms with E-state index < -0.39 is 5.60 Å². The van der Waals surface area contributed by atoms with Crippen molar-refractivity contribution in [2.45, 2.75) is 26.4 Å². The van der Waals surface area contributed by atoms with E-state index in [4.69, 9.17) is 4.74 Å². The first-order chi connectivity index (χ1) is 12.9. The van der Waals surface area contributed by atoms with Crippen LogP contribution in [0.3, 0.4) is 0 Å². The maximum Gasteiger partial charge on any atom is 0.335 e. The van der Waals surface area contributed by atoms with Crippen LogP contribution in [0.1, 0.15) is 20.8 Å². The van der Waals surface area contributed by atoms with Gasteiger partial charge in [-0.3, -0.25) is 0 Å². The lowest BCUT2D eigenvalue weighted by Crippen LogP contribution is -2.24. The molecule has 0 atom stereocenters. The molecular weight excluding hydrogens is 351 g/mol. The smallest absolute Gasteiger partial charge is 0.335 e. The summed E-state index contributed by atoms with van der Waals surface area (Å²) in [4.78, 5) is 12.2. The third-order valence-electron chi connectivity index (χ3n) is 4.46. The Labute approximate surface area is 160 Å². The quantitative estimate of drug-likeness (QED) is 0.250. The summed E-state index contributed by atoms with van der Waals surface area (Å²) in [6.45, 7) is 5.65. The zero-order chi connectivity index (χ0) is 19.0. The molecule has 0 aliphatic heterocycles. The van der Waals surface area contributed by atoms with Crippen molar-refractivity contribution in [1.29, 1.82) is 0 Å². The van der Waals surface area contributed by atoms with Gasteiger partial charge in [-0.2, -0.15) is 0 Å². The summed E-state index contributed by atoms with van der Waals surface area (Å²) in [5.41, 5.74) is -0.481. The third-order valence-corrected chi connectivity index (χ3v) is 5.45. The van der Waals surface area contributed by atoms with Crippen LogP contribution < -0.4 is 5.30 Å². The first-order valence-corrected chi connectivity index (χ1v) is 10.00. The average molecular weight is 372 g/mol.